The van der Waals surface area contributed by atoms with E-state index in [-0.39, 0.29) is 0 Å². The van der Waals surface area contributed by atoms with E-state index in [4.69, 9.17) is 9.84 Å². The van der Waals surface area contributed by atoms with Crippen LogP contribution in [0.4, 0.5) is 0 Å². The van der Waals surface area contributed by atoms with Crippen LogP contribution in [0.5, 0.6) is 5.75 Å². The van der Waals surface area contributed by atoms with E-state index >= 15 is 0 Å². The third-order valence-electron chi connectivity index (χ3n) is 1.98. The fourth-order valence-corrected chi connectivity index (χ4v) is 1.93. The van der Waals surface area contributed by atoms with Gasteiger partial charge in [0.05, 0.1) is 12.0 Å². The summed E-state index contributed by atoms with van der Waals surface area (Å²) in [6, 6.07) is 6.06. The molecule has 1 aromatic rings. The SMILES string of the molecule is CCc1ccc(OC)c(SNC(C)O)c1. The standard InChI is InChI=1S/C11H17NO2S/c1-4-9-5-6-10(14-3)11(7-9)15-12-8(2)13/h5-8,12-13H,4H2,1-3H3. The van der Waals surface area contributed by atoms with Crippen LogP contribution in [0.2, 0.25) is 0 Å². The molecule has 15 heavy (non-hydrogen) atoms. The summed E-state index contributed by atoms with van der Waals surface area (Å²) >= 11 is 1.38. The van der Waals surface area contributed by atoms with Crippen LogP contribution in [0.3, 0.4) is 0 Å². The number of benzene rings is 1. The van der Waals surface area contributed by atoms with Crippen molar-refractivity contribution in [2.24, 2.45) is 0 Å². The molecule has 0 radical (unpaired) electrons. The Kier molecular flexibility index (Phi) is 4.94. The maximum atomic E-state index is 9.13. The maximum Gasteiger partial charge on any atom is 0.133 e. The number of aryl methyl sites for hydroxylation is 1. The molecule has 3 nitrogen and oxygen atoms in total. The molecule has 0 aromatic heterocycles. The number of hydrogen-bond acceptors (Lipinski definition) is 4. The van der Waals surface area contributed by atoms with E-state index in [0.717, 1.165) is 17.1 Å². The molecule has 1 unspecified atom stereocenters. The molecule has 0 heterocycles. The monoisotopic (exact) mass is 227 g/mol. The van der Waals surface area contributed by atoms with Crippen molar-refractivity contribution in [3.8, 4) is 5.75 Å². The number of methoxy groups -OCH3 is 1. The second-order valence-corrected chi connectivity index (χ2v) is 4.11. The Morgan fingerprint density at radius 3 is 2.80 bits per heavy atom. The first-order chi connectivity index (χ1) is 7.17. The molecule has 1 rings (SSSR count). The van der Waals surface area contributed by atoms with Gasteiger partial charge in [-0.05, 0) is 43.0 Å². The van der Waals surface area contributed by atoms with Crippen molar-refractivity contribution in [3.05, 3.63) is 23.8 Å². The van der Waals surface area contributed by atoms with Gasteiger partial charge >= 0.3 is 0 Å². The fraction of sp³-hybridized carbons (Fsp3) is 0.455. The molecule has 0 aliphatic heterocycles. The average molecular weight is 227 g/mol. The number of hydrogen-bond donors (Lipinski definition) is 2. The lowest BCUT2D eigenvalue weighted by Crippen LogP contribution is -2.17. The molecule has 84 valence electrons. The van der Waals surface area contributed by atoms with Crippen LogP contribution in [0, 0.1) is 0 Å². The summed E-state index contributed by atoms with van der Waals surface area (Å²) in [7, 11) is 1.65. The first-order valence-corrected chi connectivity index (χ1v) is 5.76. The number of nitrogens with one attached hydrogen (secondary N) is 1. The highest BCUT2D eigenvalue weighted by Crippen LogP contribution is 2.28. The highest BCUT2D eigenvalue weighted by molar-refractivity contribution is 7.97. The molecule has 0 bridgehead atoms. The van der Waals surface area contributed by atoms with Crippen molar-refractivity contribution in [1.82, 2.24) is 4.72 Å². The number of ether oxygens (including phenoxy) is 1. The second kappa shape index (κ2) is 6.00. The minimum absolute atomic E-state index is 0.537. The Bertz CT molecular complexity index is 315. The molecule has 1 atom stereocenters. The minimum atomic E-state index is -0.537. The lowest BCUT2D eigenvalue weighted by atomic mass is 10.2. The zero-order valence-electron chi connectivity index (χ0n) is 9.28. The zero-order chi connectivity index (χ0) is 11.3. The van der Waals surface area contributed by atoms with E-state index in [2.05, 4.69) is 17.7 Å². The molecular formula is C11H17NO2S. The molecule has 2 N–H and O–H groups in total. The Hall–Kier alpha value is -0.710. The first-order valence-electron chi connectivity index (χ1n) is 4.94. The summed E-state index contributed by atoms with van der Waals surface area (Å²) in [5, 5.41) is 9.13. The number of aliphatic hydroxyl groups excluding tert-OH is 1. The Balaban J connectivity index is 2.81. The van der Waals surface area contributed by atoms with Crippen LogP contribution in [-0.4, -0.2) is 18.4 Å². The van der Waals surface area contributed by atoms with Crippen LogP contribution >= 0.6 is 11.9 Å². The summed E-state index contributed by atoms with van der Waals surface area (Å²) in [5.74, 6) is 0.824. The van der Waals surface area contributed by atoms with Gasteiger partial charge in [0.15, 0.2) is 0 Å². The van der Waals surface area contributed by atoms with E-state index in [1.54, 1.807) is 14.0 Å². The van der Waals surface area contributed by atoms with Crippen molar-refractivity contribution in [2.45, 2.75) is 31.4 Å². The van der Waals surface area contributed by atoms with E-state index in [9.17, 15) is 0 Å². The van der Waals surface area contributed by atoms with Gasteiger partial charge in [-0.15, -0.1) is 0 Å². The van der Waals surface area contributed by atoms with Gasteiger partial charge < -0.3 is 9.84 Å². The number of aliphatic hydroxyl groups is 1. The quantitative estimate of drug-likeness (QED) is 0.597. The van der Waals surface area contributed by atoms with E-state index < -0.39 is 6.23 Å². The van der Waals surface area contributed by atoms with Crippen molar-refractivity contribution in [2.75, 3.05) is 7.11 Å². The predicted molar refractivity (Wildman–Crippen MR) is 63.0 cm³/mol. The predicted octanol–water partition coefficient (Wildman–Crippen LogP) is 2.19. The molecule has 0 amide bonds. The van der Waals surface area contributed by atoms with Crippen molar-refractivity contribution >= 4 is 11.9 Å². The van der Waals surface area contributed by atoms with Gasteiger partial charge in [-0.25, -0.2) is 4.72 Å². The Morgan fingerprint density at radius 1 is 1.53 bits per heavy atom. The maximum absolute atomic E-state index is 9.13. The summed E-state index contributed by atoms with van der Waals surface area (Å²) < 4.78 is 8.11. The van der Waals surface area contributed by atoms with Gasteiger partial charge in [0.2, 0.25) is 0 Å². The van der Waals surface area contributed by atoms with E-state index in [1.165, 1.54) is 17.5 Å². The van der Waals surface area contributed by atoms with Crippen LogP contribution in [0.15, 0.2) is 23.1 Å². The van der Waals surface area contributed by atoms with Crippen LogP contribution in [0.25, 0.3) is 0 Å². The number of rotatable bonds is 5. The fourth-order valence-electron chi connectivity index (χ4n) is 1.17. The molecule has 0 aliphatic carbocycles. The third kappa shape index (κ3) is 3.74. The molecule has 4 heteroatoms. The zero-order valence-corrected chi connectivity index (χ0v) is 10.1. The minimum Gasteiger partial charge on any atom is -0.496 e. The molecule has 0 saturated carbocycles. The van der Waals surface area contributed by atoms with Gasteiger partial charge in [-0.1, -0.05) is 13.0 Å². The van der Waals surface area contributed by atoms with Crippen LogP contribution in [0.1, 0.15) is 19.4 Å². The van der Waals surface area contributed by atoms with Gasteiger partial charge in [0, 0.05) is 0 Å². The molecular weight excluding hydrogens is 210 g/mol. The second-order valence-electron chi connectivity index (χ2n) is 3.23. The van der Waals surface area contributed by atoms with Crippen LogP contribution in [-0.2, 0) is 6.42 Å². The molecule has 1 aromatic carbocycles. The summed E-state index contributed by atoms with van der Waals surface area (Å²) in [6.45, 7) is 3.79. The Morgan fingerprint density at radius 2 is 2.27 bits per heavy atom. The highest BCUT2D eigenvalue weighted by atomic mass is 32.2. The smallest absolute Gasteiger partial charge is 0.133 e. The lowest BCUT2D eigenvalue weighted by molar-refractivity contribution is 0.188. The van der Waals surface area contributed by atoms with Gasteiger partial charge in [0.25, 0.3) is 0 Å². The lowest BCUT2D eigenvalue weighted by Gasteiger charge is -2.11. The molecule has 0 saturated heterocycles. The third-order valence-corrected chi connectivity index (χ3v) is 2.97. The average Bonchev–Trinajstić information content (AvgIpc) is 2.25. The van der Waals surface area contributed by atoms with Crippen molar-refractivity contribution in [1.29, 1.82) is 0 Å². The van der Waals surface area contributed by atoms with E-state index in [1.807, 2.05) is 12.1 Å². The Labute approximate surface area is 95.0 Å². The topological polar surface area (TPSA) is 41.5 Å². The molecule has 0 fully saturated rings. The summed E-state index contributed by atoms with van der Waals surface area (Å²) in [5.41, 5.74) is 1.26. The largest absolute Gasteiger partial charge is 0.496 e. The highest BCUT2D eigenvalue weighted by Gasteiger charge is 2.05. The summed E-state index contributed by atoms with van der Waals surface area (Å²) in [4.78, 5) is 0.998. The van der Waals surface area contributed by atoms with Gasteiger partial charge in [0.1, 0.15) is 12.0 Å². The van der Waals surface area contributed by atoms with Gasteiger partial charge in [-0.2, -0.15) is 0 Å². The van der Waals surface area contributed by atoms with Crippen LogP contribution < -0.4 is 9.46 Å². The first kappa shape index (κ1) is 12.4. The van der Waals surface area contributed by atoms with Gasteiger partial charge in [-0.3, -0.25) is 0 Å². The van der Waals surface area contributed by atoms with Crippen molar-refractivity contribution < 1.29 is 9.84 Å². The summed E-state index contributed by atoms with van der Waals surface area (Å²) in [6.07, 6.45) is 0.455. The molecule has 0 aliphatic rings. The van der Waals surface area contributed by atoms with Crippen molar-refractivity contribution in [3.63, 3.8) is 0 Å². The van der Waals surface area contributed by atoms with E-state index in [0.29, 0.717) is 0 Å². The molecule has 0 spiro atoms. The normalized spacial score (nSPS) is 12.5.